The summed E-state index contributed by atoms with van der Waals surface area (Å²) in [6.07, 6.45) is 5.96. The lowest BCUT2D eigenvalue weighted by molar-refractivity contribution is -0.126. The molecule has 2 aliphatic rings. The molecule has 2 unspecified atom stereocenters. The van der Waals surface area contributed by atoms with Crippen LogP contribution in [0.4, 0.5) is 0 Å². The summed E-state index contributed by atoms with van der Waals surface area (Å²) < 4.78 is 0. The number of amides is 1. The van der Waals surface area contributed by atoms with Crippen LogP contribution in [-0.2, 0) is 11.2 Å². The average Bonchev–Trinajstić information content (AvgIpc) is 3.45. The molecule has 1 amide bonds. The van der Waals surface area contributed by atoms with E-state index in [-0.39, 0.29) is 42.8 Å². The third-order valence-corrected chi connectivity index (χ3v) is 5.68. The number of piperidine rings is 1. The number of rotatable bonds is 7. The van der Waals surface area contributed by atoms with Gasteiger partial charge in [0.15, 0.2) is 0 Å². The largest absolute Gasteiger partial charge is 0.353 e. The number of halogens is 2. The number of nitrogens with two attached hydrogens (primary N) is 1. The summed E-state index contributed by atoms with van der Waals surface area (Å²) in [5.41, 5.74) is 7.50. The quantitative estimate of drug-likeness (QED) is 0.737. The van der Waals surface area contributed by atoms with E-state index in [9.17, 15) is 4.79 Å². The van der Waals surface area contributed by atoms with Crippen molar-refractivity contribution in [1.82, 2.24) is 10.2 Å². The van der Waals surface area contributed by atoms with E-state index >= 15 is 0 Å². The molecule has 26 heavy (non-hydrogen) atoms. The number of nitrogens with zero attached hydrogens (tertiary/aromatic N) is 1. The second-order valence-electron chi connectivity index (χ2n) is 7.59. The highest BCUT2D eigenvalue weighted by molar-refractivity contribution is 5.85. The molecule has 1 saturated carbocycles. The molecule has 2 atom stereocenters. The summed E-state index contributed by atoms with van der Waals surface area (Å²) >= 11 is 0. The maximum Gasteiger partial charge on any atom is 0.237 e. The van der Waals surface area contributed by atoms with Crippen LogP contribution in [0.2, 0.25) is 0 Å². The highest BCUT2D eigenvalue weighted by atomic mass is 35.5. The molecule has 3 rings (SSSR count). The first-order chi connectivity index (χ1) is 11.6. The zero-order valence-electron chi connectivity index (χ0n) is 15.6. The fourth-order valence-electron chi connectivity index (χ4n) is 3.71. The van der Waals surface area contributed by atoms with Crippen molar-refractivity contribution in [3.8, 4) is 0 Å². The molecule has 3 N–H and O–H groups in total. The van der Waals surface area contributed by atoms with Crippen molar-refractivity contribution in [1.29, 1.82) is 0 Å². The summed E-state index contributed by atoms with van der Waals surface area (Å²) in [6.45, 7) is 4.68. The van der Waals surface area contributed by atoms with Gasteiger partial charge in [0.2, 0.25) is 5.91 Å². The molecule has 0 spiro atoms. The Kier molecular flexibility index (Phi) is 9.94. The summed E-state index contributed by atoms with van der Waals surface area (Å²) in [5.74, 6) is 1.50. The van der Waals surface area contributed by atoms with Gasteiger partial charge in [0.05, 0.1) is 6.04 Å². The van der Waals surface area contributed by atoms with Gasteiger partial charge in [-0.25, -0.2) is 0 Å². The van der Waals surface area contributed by atoms with Crippen molar-refractivity contribution in [3.05, 3.63) is 35.9 Å². The second-order valence-corrected chi connectivity index (χ2v) is 7.59. The van der Waals surface area contributed by atoms with Gasteiger partial charge in [0, 0.05) is 12.6 Å². The summed E-state index contributed by atoms with van der Waals surface area (Å²) in [4.78, 5) is 14.7. The zero-order chi connectivity index (χ0) is 16.9. The van der Waals surface area contributed by atoms with Crippen LogP contribution in [-0.4, -0.2) is 42.5 Å². The van der Waals surface area contributed by atoms with Crippen LogP contribution >= 0.6 is 24.8 Å². The molecule has 6 heteroatoms. The van der Waals surface area contributed by atoms with Crippen LogP contribution < -0.4 is 11.1 Å². The van der Waals surface area contributed by atoms with E-state index in [4.69, 9.17) is 5.73 Å². The van der Waals surface area contributed by atoms with Crippen LogP contribution in [0.5, 0.6) is 0 Å². The van der Waals surface area contributed by atoms with Crippen molar-refractivity contribution < 1.29 is 4.79 Å². The Hall–Kier alpha value is -0.810. The van der Waals surface area contributed by atoms with E-state index < -0.39 is 0 Å². The number of likely N-dealkylation sites (tertiary alicyclic amines) is 1. The first kappa shape index (κ1) is 23.2. The second kappa shape index (κ2) is 11.1. The number of hydrogen-bond donors (Lipinski definition) is 2. The molecule has 1 aliphatic heterocycles. The summed E-state index contributed by atoms with van der Waals surface area (Å²) in [6, 6.07) is 10.8. The molecule has 1 heterocycles. The summed E-state index contributed by atoms with van der Waals surface area (Å²) in [7, 11) is 0. The van der Waals surface area contributed by atoms with Gasteiger partial charge in [-0.3, -0.25) is 9.69 Å². The number of benzene rings is 1. The number of hydrogen-bond acceptors (Lipinski definition) is 3. The third-order valence-electron chi connectivity index (χ3n) is 5.68. The monoisotopic (exact) mass is 401 g/mol. The fraction of sp³-hybridized carbons (Fsp3) is 0.650. The Bertz CT molecular complexity index is 531. The van der Waals surface area contributed by atoms with Crippen molar-refractivity contribution in [2.45, 2.75) is 51.1 Å². The molecule has 1 aliphatic carbocycles. The molecule has 1 aromatic rings. The lowest BCUT2D eigenvalue weighted by Gasteiger charge is -2.35. The minimum absolute atomic E-state index is 0. The smallest absolute Gasteiger partial charge is 0.237 e. The fourth-order valence-corrected chi connectivity index (χ4v) is 3.71. The molecule has 1 aromatic carbocycles. The van der Waals surface area contributed by atoms with Crippen LogP contribution in [0.15, 0.2) is 30.3 Å². The Morgan fingerprint density at radius 3 is 2.35 bits per heavy atom. The predicted molar refractivity (Wildman–Crippen MR) is 112 cm³/mol. The SMILES string of the molecule is CC(C(=O)NCC(N)C1CC1)N1CCC(Cc2ccccc2)CC1.Cl.Cl. The van der Waals surface area contributed by atoms with Crippen molar-refractivity contribution in [3.63, 3.8) is 0 Å². The van der Waals surface area contributed by atoms with Crippen LogP contribution in [0.1, 0.15) is 38.2 Å². The standard InChI is InChI=1S/C20H31N3O.2ClH/c1-15(20(24)22-14-19(21)18-7-8-18)23-11-9-17(10-12-23)13-16-5-3-2-4-6-16;;/h2-6,15,17-19H,7-14,21H2,1H3,(H,22,24);2*1H. The molecule has 148 valence electrons. The lowest BCUT2D eigenvalue weighted by atomic mass is 9.89. The van der Waals surface area contributed by atoms with Gasteiger partial charge < -0.3 is 11.1 Å². The van der Waals surface area contributed by atoms with E-state index in [1.165, 1.54) is 31.2 Å². The zero-order valence-corrected chi connectivity index (χ0v) is 17.2. The molecular formula is C20H33Cl2N3O. The van der Waals surface area contributed by atoms with Crippen LogP contribution in [0.25, 0.3) is 0 Å². The minimum Gasteiger partial charge on any atom is -0.353 e. The number of nitrogens with one attached hydrogen (secondary N) is 1. The number of carbonyl (C=O) groups excluding carboxylic acids is 1. The number of carbonyl (C=O) groups is 1. The Morgan fingerprint density at radius 1 is 1.15 bits per heavy atom. The van der Waals surface area contributed by atoms with E-state index in [0.29, 0.717) is 12.5 Å². The molecule has 0 radical (unpaired) electrons. The maximum atomic E-state index is 12.4. The Morgan fingerprint density at radius 2 is 1.77 bits per heavy atom. The van der Waals surface area contributed by atoms with Gasteiger partial charge in [0.1, 0.15) is 0 Å². The minimum atomic E-state index is -0.0471. The first-order valence-corrected chi connectivity index (χ1v) is 9.44. The molecule has 2 fully saturated rings. The van der Waals surface area contributed by atoms with Gasteiger partial charge in [-0.15, -0.1) is 24.8 Å². The van der Waals surface area contributed by atoms with E-state index in [2.05, 4.69) is 40.5 Å². The van der Waals surface area contributed by atoms with E-state index in [1.54, 1.807) is 0 Å². The molecule has 1 saturated heterocycles. The molecular weight excluding hydrogens is 369 g/mol. The topological polar surface area (TPSA) is 58.4 Å². The van der Waals surface area contributed by atoms with Gasteiger partial charge in [-0.1, -0.05) is 30.3 Å². The highest BCUT2D eigenvalue weighted by Gasteiger charge is 2.30. The Balaban J connectivity index is 0.00000169. The molecule has 0 bridgehead atoms. The van der Waals surface area contributed by atoms with Crippen molar-refractivity contribution >= 4 is 30.7 Å². The average molecular weight is 402 g/mol. The van der Waals surface area contributed by atoms with Crippen molar-refractivity contribution in [2.75, 3.05) is 19.6 Å². The third kappa shape index (κ3) is 6.73. The predicted octanol–water partition coefficient (Wildman–Crippen LogP) is 3.03. The molecule has 4 nitrogen and oxygen atoms in total. The van der Waals surface area contributed by atoms with Crippen molar-refractivity contribution in [2.24, 2.45) is 17.6 Å². The lowest BCUT2D eigenvalue weighted by Crippen LogP contribution is -2.50. The van der Waals surface area contributed by atoms with E-state index in [1.807, 2.05) is 6.92 Å². The summed E-state index contributed by atoms with van der Waals surface area (Å²) in [5, 5.41) is 3.05. The van der Waals surface area contributed by atoms with Gasteiger partial charge >= 0.3 is 0 Å². The van der Waals surface area contributed by atoms with Crippen LogP contribution in [0, 0.1) is 11.8 Å². The first-order valence-electron chi connectivity index (χ1n) is 9.44. The van der Waals surface area contributed by atoms with Gasteiger partial charge in [-0.2, -0.15) is 0 Å². The highest BCUT2D eigenvalue weighted by Crippen LogP contribution is 2.31. The van der Waals surface area contributed by atoms with Crippen LogP contribution in [0.3, 0.4) is 0 Å². The molecule has 0 aromatic heterocycles. The normalized spacial score (nSPS) is 20.4. The van der Waals surface area contributed by atoms with Gasteiger partial charge in [0.25, 0.3) is 0 Å². The van der Waals surface area contributed by atoms with Gasteiger partial charge in [-0.05, 0) is 69.5 Å². The Labute approximate surface area is 170 Å². The maximum absolute atomic E-state index is 12.4. The van der Waals surface area contributed by atoms with E-state index in [0.717, 1.165) is 25.4 Å².